The highest BCUT2D eigenvalue weighted by Gasteiger charge is 2.33. The summed E-state index contributed by atoms with van der Waals surface area (Å²) >= 11 is 0. The second-order valence-corrected chi connectivity index (χ2v) is 6.55. The fourth-order valence-corrected chi connectivity index (χ4v) is 3.16. The molecule has 0 unspecified atom stereocenters. The van der Waals surface area contributed by atoms with E-state index in [9.17, 15) is 22.8 Å². The number of aromatic nitrogens is 2. The average Bonchev–Trinajstić information content (AvgIpc) is 3.13. The predicted octanol–water partition coefficient (Wildman–Crippen LogP) is 3.26. The van der Waals surface area contributed by atoms with E-state index in [1.807, 2.05) is 0 Å². The van der Waals surface area contributed by atoms with Crippen molar-refractivity contribution in [2.24, 2.45) is 5.92 Å². The number of amides is 1. The zero-order valence-electron chi connectivity index (χ0n) is 14.2. The van der Waals surface area contributed by atoms with Crippen LogP contribution in [0.3, 0.4) is 0 Å². The van der Waals surface area contributed by atoms with Crippen molar-refractivity contribution in [3.8, 4) is 5.69 Å². The fourth-order valence-electron chi connectivity index (χ4n) is 3.16. The van der Waals surface area contributed by atoms with Gasteiger partial charge in [-0.15, -0.1) is 0 Å². The number of hydrogen-bond acceptors (Lipinski definition) is 3. The average molecular weight is 381 g/mol. The molecule has 0 spiro atoms. The van der Waals surface area contributed by atoms with Crippen LogP contribution in [0.25, 0.3) is 5.69 Å². The van der Waals surface area contributed by atoms with Gasteiger partial charge >= 0.3 is 12.1 Å². The van der Waals surface area contributed by atoms with Gasteiger partial charge in [0.25, 0.3) is 5.91 Å². The Balaban J connectivity index is 1.67. The number of aliphatic carboxylic acids is 1. The first-order chi connectivity index (χ1) is 12.7. The maximum atomic E-state index is 12.7. The van der Waals surface area contributed by atoms with Crippen molar-refractivity contribution in [1.29, 1.82) is 0 Å². The highest BCUT2D eigenvalue weighted by atomic mass is 19.4. The molecule has 3 rings (SSSR count). The summed E-state index contributed by atoms with van der Waals surface area (Å²) < 4.78 is 39.1. The number of benzene rings is 1. The summed E-state index contributed by atoms with van der Waals surface area (Å²) in [4.78, 5) is 23.4. The van der Waals surface area contributed by atoms with Crippen LogP contribution < -0.4 is 5.32 Å². The maximum Gasteiger partial charge on any atom is 0.435 e. The van der Waals surface area contributed by atoms with Gasteiger partial charge in [-0.3, -0.25) is 9.59 Å². The molecule has 1 aromatic carbocycles. The van der Waals surface area contributed by atoms with E-state index >= 15 is 0 Å². The van der Waals surface area contributed by atoms with E-state index < -0.39 is 17.8 Å². The summed E-state index contributed by atoms with van der Waals surface area (Å²) in [5, 5.41) is 15.4. The third kappa shape index (κ3) is 4.47. The number of carboxylic acids is 1. The molecule has 1 fully saturated rings. The molecule has 1 aliphatic carbocycles. The number of nitrogens with zero attached hydrogens (tertiary/aromatic N) is 2. The van der Waals surface area contributed by atoms with Gasteiger partial charge in [-0.25, -0.2) is 4.68 Å². The molecule has 9 heteroatoms. The maximum absolute atomic E-state index is 12.7. The highest BCUT2D eigenvalue weighted by molar-refractivity contribution is 5.94. The number of carbonyl (C=O) groups is 2. The standard InChI is InChI=1S/C18H18F3N3O3/c19-18(20,21)15-8-9-24(23-15)14-3-1-2-12(10-14)16(25)22-13-6-4-11(5-7-13)17(26)27/h1-3,8-11,13H,4-7H2,(H,22,25)(H,26,27). The van der Waals surface area contributed by atoms with Crippen molar-refractivity contribution in [3.05, 3.63) is 47.8 Å². The van der Waals surface area contributed by atoms with Crippen molar-refractivity contribution >= 4 is 11.9 Å². The molecule has 144 valence electrons. The molecule has 1 saturated carbocycles. The lowest BCUT2D eigenvalue weighted by molar-refractivity contribution is -0.143. The molecule has 0 aliphatic heterocycles. The minimum Gasteiger partial charge on any atom is -0.481 e. The van der Waals surface area contributed by atoms with Crippen molar-refractivity contribution in [1.82, 2.24) is 15.1 Å². The van der Waals surface area contributed by atoms with E-state index in [1.165, 1.54) is 12.3 Å². The van der Waals surface area contributed by atoms with Crippen molar-refractivity contribution in [2.45, 2.75) is 37.9 Å². The number of carbonyl (C=O) groups excluding carboxylic acids is 1. The first-order valence-corrected chi connectivity index (χ1v) is 8.51. The summed E-state index contributed by atoms with van der Waals surface area (Å²) in [6.07, 6.45) is -1.17. The van der Waals surface area contributed by atoms with Crippen LogP contribution in [0.5, 0.6) is 0 Å². The summed E-state index contributed by atoms with van der Waals surface area (Å²) in [6.45, 7) is 0. The van der Waals surface area contributed by atoms with Crippen LogP contribution in [-0.4, -0.2) is 32.8 Å². The van der Waals surface area contributed by atoms with Gasteiger partial charge in [0.05, 0.1) is 11.6 Å². The summed E-state index contributed by atoms with van der Waals surface area (Å²) in [6, 6.07) is 6.91. The fraction of sp³-hybridized carbons (Fsp3) is 0.389. The third-order valence-electron chi connectivity index (χ3n) is 4.66. The molecule has 1 heterocycles. The van der Waals surface area contributed by atoms with Gasteiger partial charge in [0.1, 0.15) is 0 Å². The predicted molar refractivity (Wildman–Crippen MR) is 89.4 cm³/mol. The highest BCUT2D eigenvalue weighted by Crippen LogP contribution is 2.28. The van der Waals surface area contributed by atoms with E-state index in [0.29, 0.717) is 36.9 Å². The van der Waals surface area contributed by atoms with E-state index in [0.717, 1.165) is 10.7 Å². The first-order valence-electron chi connectivity index (χ1n) is 8.51. The van der Waals surface area contributed by atoms with Gasteiger partial charge in [0.2, 0.25) is 0 Å². The minimum absolute atomic E-state index is 0.113. The Hall–Kier alpha value is -2.84. The Morgan fingerprint density at radius 3 is 2.44 bits per heavy atom. The van der Waals surface area contributed by atoms with Gasteiger partial charge in [-0.2, -0.15) is 18.3 Å². The van der Waals surface area contributed by atoms with E-state index in [-0.39, 0.29) is 17.9 Å². The molecule has 1 aliphatic rings. The Kier molecular flexibility index (Phi) is 5.20. The lowest BCUT2D eigenvalue weighted by atomic mass is 9.86. The molecule has 0 atom stereocenters. The van der Waals surface area contributed by atoms with Crippen molar-refractivity contribution < 1.29 is 27.9 Å². The Morgan fingerprint density at radius 1 is 1.15 bits per heavy atom. The lowest BCUT2D eigenvalue weighted by Crippen LogP contribution is -2.38. The summed E-state index contributed by atoms with van der Waals surface area (Å²) in [5.74, 6) is -1.53. The van der Waals surface area contributed by atoms with Gasteiger partial charge in [-0.05, 0) is 49.9 Å². The summed E-state index contributed by atoms with van der Waals surface area (Å²) in [7, 11) is 0. The van der Waals surface area contributed by atoms with E-state index in [1.54, 1.807) is 18.2 Å². The zero-order chi connectivity index (χ0) is 19.6. The van der Waals surface area contributed by atoms with E-state index in [4.69, 9.17) is 5.11 Å². The van der Waals surface area contributed by atoms with Crippen LogP contribution >= 0.6 is 0 Å². The molecule has 0 radical (unpaired) electrons. The number of nitrogens with one attached hydrogen (secondary N) is 1. The number of halogens is 3. The molecule has 2 aromatic rings. The monoisotopic (exact) mass is 381 g/mol. The van der Waals surface area contributed by atoms with E-state index in [2.05, 4.69) is 10.4 Å². The van der Waals surface area contributed by atoms with Crippen LogP contribution in [-0.2, 0) is 11.0 Å². The second-order valence-electron chi connectivity index (χ2n) is 6.55. The minimum atomic E-state index is -4.53. The van der Waals surface area contributed by atoms with Crippen LogP contribution in [0.2, 0.25) is 0 Å². The molecule has 27 heavy (non-hydrogen) atoms. The van der Waals surface area contributed by atoms with Gasteiger partial charge in [0, 0.05) is 17.8 Å². The van der Waals surface area contributed by atoms with Crippen LogP contribution in [0.4, 0.5) is 13.2 Å². The summed E-state index contributed by atoms with van der Waals surface area (Å²) in [5.41, 5.74) is -0.364. The number of alkyl halides is 3. The lowest BCUT2D eigenvalue weighted by Gasteiger charge is -2.26. The molecular weight excluding hydrogens is 363 g/mol. The van der Waals surface area contributed by atoms with Gasteiger partial charge < -0.3 is 10.4 Å². The van der Waals surface area contributed by atoms with Crippen molar-refractivity contribution in [3.63, 3.8) is 0 Å². The molecule has 0 bridgehead atoms. The van der Waals surface area contributed by atoms with Gasteiger partial charge in [-0.1, -0.05) is 6.07 Å². The number of rotatable bonds is 4. The molecule has 1 aromatic heterocycles. The SMILES string of the molecule is O=C(NC1CCC(C(=O)O)CC1)c1cccc(-n2ccc(C(F)(F)F)n2)c1. The van der Waals surface area contributed by atoms with Crippen LogP contribution in [0.1, 0.15) is 41.7 Å². The number of hydrogen-bond donors (Lipinski definition) is 2. The molecule has 1 amide bonds. The molecule has 0 saturated heterocycles. The normalized spacial score (nSPS) is 20.3. The smallest absolute Gasteiger partial charge is 0.435 e. The second kappa shape index (κ2) is 7.42. The van der Waals surface area contributed by atoms with Crippen LogP contribution in [0, 0.1) is 5.92 Å². The van der Waals surface area contributed by atoms with Crippen LogP contribution in [0.15, 0.2) is 36.5 Å². The zero-order valence-corrected chi connectivity index (χ0v) is 14.2. The molecular formula is C18H18F3N3O3. The largest absolute Gasteiger partial charge is 0.481 e. The number of carboxylic acid groups (broad SMARTS) is 1. The quantitative estimate of drug-likeness (QED) is 0.851. The Morgan fingerprint density at radius 2 is 1.85 bits per heavy atom. The topological polar surface area (TPSA) is 84.2 Å². The van der Waals surface area contributed by atoms with Gasteiger partial charge in [0.15, 0.2) is 5.69 Å². The molecule has 6 nitrogen and oxygen atoms in total. The Bertz CT molecular complexity index is 840. The third-order valence-corrected chi connectivity index (χ3v) is 4.66. The first kappa shape index (κ1) is 18.9. The van der Waals surface area contributed by atoms with Crippen molar-refractivity contribution in [2.75, 3.05) is 0 Å². The molecule has 2 N–H and O–H groups in total. The Labute approximate surface area is 153 Å².